The number of nitrogens with one attached hydrogen (secondary N) is 1. The van der Waals surface area contributed by atoms with Crippen molar-refractivity contribution in [2.75, 3.05) is 5.32 Å². The predicted molar refractivity (Wildman–Crippen MR) is 73.2 cm³/mol. The van der Waals surface area contributed by atoms with Gasteiger partial charge < -0.3 is 9.73 Å². The Morgan fingerprint density at radius 3 is 2.74 bits per heavy atom. The first-order valence-corrected chi connectivity index (χ1v) is 6.16. The summed E-state index contributed by atoms with van der Waals surface area (Å²) in [7, 11) is 0. The average molecular weight is 260 g/mol. The van der Waals surface area contributed by atoms with E-state index >= 15 is 0 Å². The smallest absolute Gasteiger partial charge is 0.274 e. The van der Waals surface area contributed by atoms with Gasteiger partial charge in [0.1, 0.15) is 5.76 Å². The lowest BCUT2D eigenvalue weighted by Gasteiger charge is -2.07. The summed E-state index contributed by atoms with van der Waals surface area (Å²) in [5, 5.41) is 14.1. The molecule has 0 bridgehead atoms. The molecule has 0 aliphatic heterocycles. The van der Waals surface area contributed by atoms with Crippen LogP contribution in [-0.2, 0) is 13.0 Å². The molecular weight excluding hydrogens is 244 g/mol. The molecule has 0 unspecified atom stereocenters. The maximum atomic E-state index is 11.0. The molecule has 0 spiro atoms. The zero-order valence-electron chi connectivity index (χ0n) is 11.0. The third kappa shape index (κ3) is 2.93. The number of rotatable bonds is 5. The molecule has 0 aliphatic carbocycles. The average Bonchev–Trinajstić information content (AvgIpc) is 2.81. The van der Waals surface area contributed by atoms with Crippen molar-refractivity contribution in [3.8, 4) is 0 Å². The number of furan rings is 1. The number of nitrogens with zero attached hydrogens (tertiary/aromatic N) is 1. The van der Waals surface area contributed by atoms with Crippen LogP contribution < -0.4 is 5.32 Å². The molecule has 1 N–H and O–H groups in total. The normalized spacial score (nSPS) is 10.4. The van der Waals surface area contributed by atoms with Crippen LogP contribution in [0.3, 0.4) is 0 Å². The summed E-state index contributed by atoms with van der Waals surface area (Å²) in [6, 6.07) is 7.09. The maximum absolute atomic E-state index is 11.0. The number of benzene rings is 1. The van der Waals surface area contributed by atoms with Gasteiger partial charge in [0.15, 0.2) is 0 Å². The van der Waals surface area contributed by atoms with Gasteiger partial charge in [0.25, 0.3) is 5.69 Å². The first-order chi connectivity index (χ1) is 9.11. The lowest BCUT2D eigenvalue weighted by atomic mass is 10.1. The van der Waals surface area contributed by atoms with Gasteiger partial charge in [-0.3, -0.25) is 10.1 Å². The summed E-state index contributed by atoms with van der Waals surface area (Å²) in [6.07, 6.45) is 2.28. The third-order valence-corrected chi connectivity index (χ3v) is 3.08. The number of hydrogen-bond acceptors (Lipinski definition) is 4. The lowest BCUT2D eigenvalue weighted by molar-refractivity contribution is -0.385. The second kappa shape index (κ2) is 5.56. The Bertz CT molecular complexity index is 590. The molecule has 2 aromatic rings. The van der Waals surface area contributed by atoms with E-state index in [0.29, 0.717) is 13.0 Å². The van der Waals surface area contributed by atoms with Crippen molar-refractivity contribution in [3.05, 3.63) is 57.5 Å². The van der Waals surface area contributed by atoms with Crippen LogP contribution >= 0.6 is 0 Å². The largest absolute Gasteiger partial charge is 0.467 e. The Labute approximate surface area is 111 Å². The second-order valence-corrected chi connectivity index (χ2v) is 4.33. The summed E-state index contributed by atoms with van der Waals surface area (Å²) in [6.45, 7) is 4.38. The van der Waals surface area contributed by atoms with Gasteiger partial charge in [-0.25, -0.2) is 0 Å². The Balaban J connectivity index is 2.15. The van der Waals surface area contributed by atoms with E-state index in [1.54, 1.807) is 18.4 Å². The van der Waals surface area contributed by atoms with Gasteiger partial charge in [-0.15, -0.1) is 0 Å². The third-order valence-electron chi connectivity index (χ3n) is 3.08. The number of nitro groups is 1. The summed E-state index contributed by atoms with van der Waals surface area (Å²) < 4.78 is 5.31. The Hall–Kier alpha value is -2.30. The molecule has 0 radical (unpaired) electrons. The summed E-state index contributed by atoms with van der Waals surface area (Å²) in [5.41, 5.74) is 2.68. The molecule has 1 aromatic carbocycles. The molecule has 1 heterocycles. The van der Waals surface area contributed by atoms with E-state index in [1.807, 2.05) is 26.0 Å². The van der Waals surface area contributed by atoms with Crippen LogP contribution in [0, 0.1) is 17.0 Å². The van der Waals surface area contributed by atoms with Crippen LogP contribution in [-0.4, -0.2) is 4.92 Å². The minimum atomic E-state index is -0.345. The van der Waals surface area contributed by atoms with Crippen LogP contribution in [0.25, 0.3) is 0 Å². The summed E-state index contributed by atoms with van der Waals surface area (Å²) in [5.74, 6) is 0.835. The lowest BCUT2D eigenvalue weighted by Crippen LogP contribution is -2.01. The molecule has 5 heteroatoms. The molecular formula is C14H16N2O3. The fraction of sp³-hybridized carbons (Fsp3) is 0.286. The quantitative estimate of drug-likeness (QED) is 0.657. The van der Waals surface area contributed by atoms with Crippen LogP contribution in [0.2, 0.25) is 0 Å². The topological polar surface area (TPSA) is 68.3 Å². The fourth-order valence-corrected chi connectivity index (χ4v) is 1.91. The van der Waals surface area contributed by atoms with Crippen LogP contribution in [0.15, 0.2) is 34.9 Å². The molecule has 0 saturated heterocycles. The molecule has 1 aromatic heterocycles. The van der Waals surface area contributed by atoms with Crippen LogP contribution in [0.5, 0.6) is 0 Å². The van der Waals surface area contributed by atoms with Crippen LogP contribution in [0.4, 0.5) is 11.4 Å². The molecule has 0 amide bonds. The van der Waals surface area contributed by atoms with Crippen molar-refractivity contribution in [1.29, 1.82) is 0 Å². The van der Waals surface area contributed by atoms with Crippen molar-refractivity contribution in [2.24, 2.45) is 0 Å². The zero-order chi connectivity index (χ0) is 13.8. The predicted octanol–water partition coefficient (Wildman–Crippen LogP) is 3.67. The van der Waals surface area contributed by atoms with Crippen molar-refractivity contribution in [3.63, 3.8) is 0 Å². The molecule has 0 aliphatic rings. The van der Waals surface area contributed by atoms with Gasteiger partial charge in [-0.1, -0.05) is 13.0 Å². The molecule has 0 atom stereocenters. The first-order valence-electron chi connectivity index (χ1n) is 6.16. The van der Waals surface area contributed by atoms with Gasteiger partial charge in [-0.2, -0.15) is 0 Å². The fourth-order valence-electron chi connectivity index (χ4n) is 1.91. The minimum Gasteiger partial charge on any atom is -0.467 e. The molecule has 2 rings (SSSR count). The Morgan fingerprint density at radius 2 is 2.16 bits per heavy atom. The SMILES string of the molecule is CCc1ccc(NCc2occc2C)cc1[N+](=O)[O-]. The van der Waals surface area contributed by atoms with Crippen molar-refractivity contribution in [1.82, 2.24) is 0 Å². The van der Waals surface area contributed by atoms with E-state index < -0.39 is 0 Å². The number of aryl methyl sites for hydroxylation is 2. The highest BCUT2D eigenvalue weighted by Crippen LogP contribution is 2.24. The Morgan fingerprint density at radius 1 is 1.37 bits per heavy atom. The summed E-state index contributed by atoms with van der Waals surface area (Å²) in [4.78, 5) is 10.6. The zero-order valence-corrected chi connectivity index (χ0v) is 11.0. The van der Waals surface area contributed by atoms with Gasteiger partial charge in [0.2, 0.25) is 0 Å². The number of anilines is 1. The van der Waals surface area contributed by atoms with Crippen LogP contribution in [0.1, 0.15) is 23.8 Å². The first kappa shape index (κ1) is 13.1. The van der Waals surface area contributed by atoms with Gasteiger partial charge in [0, 0.05) is 17.3 Å². The monoisotopic (exact) mass is 260 g/mol. The van der Waals surface area contributed by atoms with Gasteiger partial charge in [-0.05, 0) is 31.0 Å². The van der Waals surface area contributed by atoms with Crippen molar-refractivity contribution >= 4 is 11.4 Å². The minimum absolute atomic E-state index is 0.156. The molecule has 100 valence electrons. The van der Waals surface area contributed by atoms with Gasteiger partial charge >= 0.3 is 0 Å². The molecule has 0 saturated carbocycles. The van der Waals surface area contributed by atoms with E-state index in [9.17, 15) is 10.1 Å². The summed E-state index contributed by atoms with van der Waals surface area (Å²) >= 11 is 0. The highest BCUT2D eigenvalue weighted by Gasteiger charge is 2.13. The van der Waals surface area contributed by atoms with E-state index in [2.05, 4.69) is 5.32 Å². The number of nitro benzene ring substituents is 1. The molecule has 0 fully saturated rings. The number of hydrogen-bond donors (Lipinski definition) is 1. The molecule has 19 heavy (non-hydrogen) atoms. The maximum Gasteiger partial charge on any atom is 0.274 e. The van der Waals surface area contributed by atoms with E-state index in [-0.39, 0.29) is 10.6 Å². The van der Waals surface area contributed by atoms with E-state index in [0.717, 1.165) is 22.6 Å². The Kier molecular flexibility index (Phi) is 3.85. The van der Waals surface area contributed by atoms with Gasteiger partial charge in [0.05, 0.1) is 17.7 Å². The van der Waals surface area contributed by atoms with E-state index in [4.69, 9.17) is 4.42 Å². The highest BCUT2D eigenvalue weighted by molar-refractivity contribution is 5.55. The highest BCUT2D eigenvalue weighted by atomic mass is 16.6. The van der Waals surface area contributed by atoms with Crippen molar-refractivity contribution in [2.45, 2.75) is 26.8 Å². The molecule has 5 nitrogen and oxygen atoms in total. The second-order valence-electron chi connectivity index (χ2n) is 4.33. The standard InChI is InChI=1S/C14H16N2O3/c1-3-11-4-5-12(8-13(11)16(17)18)15-9-14-10(2)6-7-19-14/h4-8,15H,3,9H2,1-2H3. The van der Waals surface area contributed by atoms with E-state index in [1.165, 1.54) is 0 Å². The van der Waals surface area contributed by atoms with Crippen molar-refractivity contribution < 1.29 is 9.34 Å².